The Kier molecular flexibility index (Phi) is 4.83. The minimum atomic E-state index is -0.398. The molecule has 3 nitrogen and oxygen atoms in total. The van der Waals surface area contributed by atoms with Crippen molar-refractivity contribution in [2.75, 3.05) is 13.1 Å². The van der Waals surface area contributed by atoms with E-state index in [1.807, 2.05) is 30.0 Å². The first-order valence-electron chi connectivity index (χ1n) is 7.25. The molecular weight excluding hydrogens is 238 g/mol. The maximum atomic E-state index is 12.3. The highest BCUT2D eigenvalue weighted by atomic mass is 16.5. The lowest BCUT2D eigenvalue weighted by Crippen LogP contribution is -2.43. The maximum Gasteiger partial charge on any atom is 0.263 e. The Hall–Kier alpha value is -1.51. The number of ether oxygens (including phenoxy) is 1. The zero-order valence-electron chi connectivity index (χ0n) is 11.9. The topological polar surface area (TPSA) is 29.5 Å². The molecule has 1 aliphatic heterocycles. The third-order valence-electron chi connectivity index (χ3n) is 3.64. The van der Waals surface area contributed by atoms with Crippen molar-refractivity contribution in [3.05, 3.63) is 29.8 Å². The molecular formula is C16H23NO2. The second-order valence-corrected chi connectivity index (χ2v) is 5.15. The van der Waals surface area contributed by atoms with Crippen molar-refractivity contribution >= 4 is 5.91 Å². The van der Waals surface area contributed by atoms with Gasteiger partial charge in [-0.3, -0.25) is 4.79 Å². The first-order chi connectivity index (χ1) is 9.20. The summed E-state index contributed by atoms with van der Waals surface area (Å²) in [4.78, 5) is 14.2. The third-order valence-corrected chi connectivity index (χ3v) is 3.64. The van der Waals surface area contributed by atoms with E-state index in [-0.39, 0.29) is 5.91 Å². The molecule has 0 N–H and O–H groups in total. The lowest BCUT2D eigenvalue weighted by molar-refractivity contribution is -0.138. The fourth-order valence-corrected chi connectivity index (χ4v) is 2.46. The summed E-state index contributed by atoms with van der Waals surface area (Å²) in [6.45, 7) is 5.71. The molecule has 1 aromatic rings. The molecule has 3 heteroatoms. The fourth-order valence-electron chi connectivity index (χ4n) is 2.46. The van der Waals surface area contributed by atoms with E-state index >= 15 is 0 Å². The molecule has 1 amide bonds. The van der Waals surface area contributed by atoms with Gasteiger partial charge in [0.25, 0.3) is 5.91 Å². The van der Waals surface area contributed by atoms with Gasteiger partial charge in [-0.2, -0.15) is 0 Å². The molecule has 0 bridgehead atoms. The second kappa shape index (κ2) is 6.60. The van der Waals surface area contributed by atoms with Crippen molar-refractivity contribution in [1.29, 1.82) is 0 Å². The summed E-state index contributed by atoms with van der Waals surface area (Å²) in [5.41, 5.74) is 1.23. The minimum absolute atomic E-state index is 0.113. The molecule has 104 valence electrons. The van der Waals surface area contributed by atoms with E-state index in [0.29, 0.717) is 0 Å². The Labute approximate surface area is 115 Å². The van der Waals surface area contributed by atoms with E-state index < -0.39 is 6.10 Å². The normalized spacial score (nSPS) is 17.1. The van der Waals surface area contributed by atoms with Gasteiger partial charge in [0.1, 0.15) is 5.75 Å². The number of nitrogens with zero attached hydrogens (tertiary/aromatic N) is 1. The fraction of sp³-hybridized carbons (Fsp3) is 0.562. The monoisotopic (exact) mass is 261 g/mol. The summed E-state index contributed by atoms with van der Waals surface area (Å²) in [5, 5.41) is 0. The van der Waals surface area contributed by atoms with Crippen molar-refractivity contribution in [2.24, 2.45) is 0 Å². The van der Waals surface area contributed by atoms with Crippen molar-refractivity contribution in [3.8, 4) is 5.75 Å². The van der Waals surface area contributed by atoms with Crippen LogP contribution in [0.4, 0.5) is 0 Å². The smallest absolute Gasteiger partial charge is 0.263 e. The van der Waals surface area contributed by atoms with Crippen molar-refractivity contribution in [2.45, 2.75) is 45.6 Å². The van der Waals surface area contributed by atoms with Crippen LogP contribution in [-0.2, 0) is 11.2 Å². The maximum absolute atomic E-state index is 12.3. The molecule has 1 aromatic carbocycles. The van der Waals surface area contributed by atoms with Crippen LogP contribution in [0.5, 0.6) is 5.75 Å². The van der Waals surface area contributed by atoms with Crippen molar-refractivity contribution < 1.29 is 9.53 Å². The average molecular weight is 261 g/mol. The summed E-state index contributed by atoms with van der Waals surface area (Å²) in [7, 11) is 0. The Morgan fingerprint density at radius 1 is 1.32 bits per heavy atom. The third kappa shape index (κ3) is 3.72. The number of carbonyl (C=O) groups excluding carboxylic acids is 1. The van der Waals surface area contributed by atoms with E-state index in [0.717, 1.165) is 38.1 Å². The van der Waals surface area contributed by atoms with Gasteiger partial charge in [0.15, 0.2) is 6.10 Å². The predicted molar refractivity (Wildman–Crippen MR) is 76.3 cm³/mol. The van der Waals surface area contributed by atoms with E-state index in [1.54, 1.807) is 0 Å². The predicted octanol–water partition coefficient (Wildman–Crippen LogP) is 3.03. The van der Waals surface area contributed by atoms with Crippen LogP contribution in [0.25, 0.3) is 0 Å². The second-order valence-electron chi connectivity index (χ2n) is 5.15. The molecule has 1 saturated heterocycles. The standard InChI is InChI=1S/C16H23NO2/c1-3-14-8-7-9-15(12-14)19-13(2)16(18)17-10-5-4-6-11-17/h7-9,12-13H,3-6,10-11H2,1-2H3/t13-/m0/s1. The SMILES string of the molecule is CCc1cccc(O[C@@H](C)C(=O)N2CCCCC2)c1. The molecule has 1 fully saturated rings. The van der Waals surface area contributed by atoms with Crippen LogP contribution < -0.4 is 4.74 Å². The number of hydrogen-bond acceptors (Lipinski definition) is 2. The van der Waals surface area contributed by atoms with Gasteiger partial charge in [-0.05, 0) is 50.3 Å². The van der Waals surface area contributed by atoms with E-state index in [1.165, 1.54) is 12.0 Å². The summed E-state index contributed by atoms with van der Waals surface area (Å²) in [5.74, 6) is 0.902. The Morgan fingerprint density at radius 2 is 2.05 bits per heavy atom. The highest BCUT2D eigenvalue weighted by molar-refractivity contribution is 5.81. The van der Waals surface area contributed by atoms with Gasteiger partial charge in [-0.25, -0.2) is 0 Å². The largest absolute Gasteiger partial charge is 0.481 e. The zero-order chi connectivity index (χ0) is 13.7. The van der Waals surface area contributed by atoms with Gasteiger partial charge >= 0.3 is 0 Å². The molecule has 0 spiro atoms. The van der Waals surface area contributed by atoms with Crippen LogP contribution in [0.2, 0.25) is 0 Å². The highest BCUT2D eigenvalue weighted by Gasteiger charge is 2.23. The Balaban J connectivity index is 1.95. The molecule has 0 unspecified atom stereocenters. The number of hydrogen-bond donors (Lipinski definition) is 0. The number of piperidine rings is 1. The molecule has 1 atom stereocenters. The Bertz CT molecular complexity index is 425. The van der Waals surface area contributed by atoms with Gasteiger partial charge in [-0.1, -0.05) is 19.1 Å². The highest BCUT2D eigenvalue weighted by Crippen LogP contribution is 2.17. The number of benzene rings is 1. The van der Waals surface area contributed by atoms with E-state index in [4.69, 9.17) is 4.74 Å². The van der Waals surface area contributed by atoms with Gasteiger partial charge in [0.2, 0.25) is 0 Å². The van der Waals surface area contributed by atoms with Crippen molar-refractivity contribution in [1.82, 2.24) is 4.90 Å². The first kappa shape index (κ1) is 13.9. The quantitative estimate of drug-likeness (QED) is 0.833. The van der Waals surface area contributed by atoms with Crippen LogP contribution in [0.1, 0.15) is 38.7 Å². The summed E-state index contributed by atoms with van der Waals surface area (Å²) in [6, 6.07) is 7.98. The van der Waals surface area contributed by atoms with Gasteiger partial charge < -0.3 is 9.64 Å². The van der Waals surface area contributed by atoms with E-state index in [2.05, 4.69) is 13.0 Å². The van der Waals surface area contributed by atoms with Gasteiger partial charge in [0.05, 0.1) is 0 Å². The molecule has 1 heterocycles. The lowest BCUT2D eigenvalue weighted by atomic mass is 10.1. The van der Waals surface area contributed by atoms with Gasteiger partial charge in [-0.15, -0.1) is 0 Å². The molecule has 19 heavy (non-hydrogen) atoms. The molecule has 0 saturated carbocycles. The van der Waals surface area contributed by atoms with E-state index in [9.17, 15) is 4.79 Å². The molecule has 0 aromatic heterocycles. The van der Waals surface area contributed by atoms with Crippen LogP contribution >= 0.6 is 0 Å². The minimum Gasteiger partial charge on any atom is -0.481 e. The molecule has 1 aliphatic rings. The number of likely N-dealkylation sites (tertiary alicyclic amines) is 1. The molecule has 2 rings (SSSR count). The average Bonchev–Trinajstić information content (AvgIpc) is 2.47. The van der Waals surface area contributed by atoms with Gasteiger partial charge in [0, 0.05) is 13.1 Å². The Morgan fingerprint density at radius 3 is 2.74 bits per heavy atom. The van der Waals surface area contributed by atoms with Crippen LogP contribution in [0, 0.1) is 0 Å². The lowest BCUT2D eigenvalue weighted by Gasteiger charge is -2.29. The van der Waals surface area contributed by atoms with Crippen LogP contribution in [-0.4, -0.2) is 30.0 Å². The number of aryl methyl sites for hydroxylation is 1. The summed E-state index contributed by atoms with van der Waals surface area (Å²) in [6.07, 6.45) is 4.04. The molecule has 0 aliphatic carbocycles. The summed E-state index contributed by atoms with van der Waals surface area (Å²) < 4.78 is 5.78. The summed E-state index contributed by atoms with van der Waals surface area (Å²) >= 11 is 0. The molecule has 0 radical (unpaired) electrons. The number of carbonyl (C=O) groups is 1. The van der Waals surface area contributed by atoms with Crippen LogP contribution in [0.15, 0.2) is 24.3 Å². The number of amides is 1. The van der Waals surface area contributed by atoms with Crippen molar-refractivity contribution in [3.63, 3.8) is 0 Å². The number of rotatable bonds is 4. The zero-order valence-corrected chi connectivity index (χ0v) is 11.9. The van der Waals surface area contributed by atoms with Crippen LogP contribution in [0.3, 0.4) is 0 Å². The first-order valence-corrected chi connectivity index (χ1v) is 7.25.